The number of nitrogens with zero attached hydrogens (tertiary/aromatic N) is 1. The van der Waals surface area contributed by atoms with Crippen LogP contribution in [0, 0.1) is 0 Å². The van der Waals surface area contributed by atoms with Gasteiger partial charge in [0.15, 0.2) is 0 Å². The highest BCUT2D eigenvalue weighted by atomic mass is 79.9. The second-order valence-electron chi connectivity index (χ2n) is 3.84. The number of hydrogen-bond acceptors (Lipinski definition) is 2. The number of halogens is 1. The van der Waals surface area contributed by atoms with Crippen molar-refractivity contribution in [1.29, 1.82) is 0 Å². The number of carbonyl (C=O) groups is 1. The van der Waals surface area contributed by atoms with Crippen LogP contribution in [0.15, 0.2) is 22.7 Å². The van der Waals surface area contributed by atoms with Crippen molar-refractivity contribution in [3.8, 4) is 0 Å². The number of benzene rings is 1. The fraction of sp³-hybridized carbons (Fsp3) is 0.364. The molecule has 1 N–H and O–H groups in total. The van der Waals surface area contributed by atoms with Crippen LogP contribution in [0.2, 0.25) is 0 Å². The average Bonchev–Trinajstić information content (AvgIpc) is 2.26. The molecule has 0 spiro atoms. The van der Waals surface area contributed by atoms with E-state index in [-0.39, 0.29) is 11.9 Å². The van der Waals surface area contributed by atoms with E-state index in [1.165, 1.54) is 0 Å². The molecular formula is C11H13BrN2O. The molecule has 15 heavy (non-hydrogen) atoms. The highest BCUT2D eigenvalue weighted by Crippen LogP contribution is 2.36. The third kappa shape index (κ3) is 1.86. The van der Waals surface area contributed by atoms with Crippen molar-refractivity contribution >= 4 is 33.2 Å². The minimum atomic E-state index is 0.139. The van der Waals surface area contributed by atoms with Crippen molar-refractivity contribution in [2.24, 2.45) is 0 Å². The van der Waals surface area contributed by atoms with Gasteiger partial charge in [0.1, 0.15) is 0 Å². The maximum atomic E-state index is 11.8. The van der Waals surface area contributed by atoms with Crippen LogP contribution in [0.4, 0.5) is 11.4 Å². The Morgan fingerprint density at radius 1 is 1.53 bits per heavy atom. The summed E-state index contributed by atoms with van der Waals surface area (Å²) in [6.45, 7) is 2.02. The van der Waals surface area contributed by atoms with E-state index in [1.807, 2.05) is 32.2 Å². The maximum absolute atomic E-state index is 11.8. The van der Waals surface area contributed by atoms with Crippen LogP contribution in [-0.2, 0) is 4.79 Å². The van der Waals surface area contributed by atoms with Crippen LogP contribution in [0.3, 0.4) is 0 Å². The Labute approximate surface area is 97.6 Å². The van der Waals surface area contributed by atoms with Gasteiger partial charge < -0.3 is 10.2 Å². The standard InChI is InChI=1S/C11H13BrN2O/c1-7-6-10(15)14(2)11-8(12)4-3-5-9(11)13-7/h3-5,7,13H,6H2,1-2H3. The Morgan fingerprint density at radius 3 is 3.00 bits per heavy atom. The highest BCUT2D eigenvalue weighted by molar-refractivity contribution is 9.10. The minimum absolute atomic E-state index is 0.139. The van der Waals surface area contributed by atoms with Gasteiger partial charge in [0, 0.05) is 24.0 Å². The number of amides is 1. The number of anilines is 2. The van der Waals surface area contributed by atoms with E-state index in [0.29, 0.717) is 6.42 Å². The lowest BCUT2D eigenvalue weighted by Crippen LogP contribution is -2.27. The molecular weight excluding hydrogens is 256 g/mol. The maximum Gasteiger partial charge on any atom is 0.228 e. The SMILES string of the molecule is CC1CC(=O)N(C)c2c(Br)cccc2N1. The molecule has 1 atom stereocenters. The van der Waals surface area contributed by atoms with Gasteiger partial charge in [0.2, 0.25) is 5.91 Å². The van der Waals surface area contributed by atoms with Gasteiger partial charge in [-0.3, -0.25) is 4.79 Å². The topological polar surface area (TPSA) is 32.3 Å². The monoisotopic (exact) mass is 268 g/mol. The first-order chi connectivity index (χ1) is 7.09. The summed E-state index contributed by atoms with van der Waals surface area (Å²) in [5.41, 5.74) is 1.93. The Balaban J connectivity index is 2.55. The Bertz CT molecular complexity index is 406. The van der Waals surface area contributed by atoms with Crippen LogP contribution >= 0.6 is 15.9 Å². The lowest BCUT2D eigenvalue weighted by molar-refractivity contribution is -0.118. The summed E-state index contributed by atoms with van der Waals surface area (Å²) in [6, 6.07) is 6.08. The molecule has 1 unspecified atom stereocenters. The Kier molecular flexibility index (Phi) is 2.69. The number of rotatable bonds is 0. The smallest absolute Gasteiger partial charge is 0.228 e. The highest BCUT2D eigenvalue weighted by Gasteiger charge is 2.23. The first-order valence-electron chi connectivity index (χ1n) is 4.91. The van der Waals surface area contributed by atoms with Gasteiger partial charge in [-0.15, -0.1) is 0 Å². The summed E-state index contributed by atoms with van der Waals surface area (Å²) in [5, 5.41) is 3.33. The number of nitrogens with one attached hydrogen (secondary N) is 1. The van der Waals surface area contributed by atoms with Crippen LogP contribution in [0.1, 0.15) is 13.3 Å². The van der Waals surface area contributed by atoms with E-state index in [4.69, 9.17) is 0 Å². The molecule has 0 fully saturated rings. The van der Waals surface area contributed by atoms with Crippen molar-refractivity contribution in [2.75, 3.05) is 17.3 Å². The molecule has 0 saturated carbocycles. The van der Waals surface area contributed by atoms with E-state index in [9.17, 15) is 4.79 Å². The molecule has 4 heteroatoms. The molecule has 1 aliphatic heterocycles. The van der Waals surface area contributed by atoms with E-state index < -0.39 is 0 Å². The minimum Gasteiger partial charge on any atom is -0.380 e. The third-order valence-corrected chi connectivity index (χ3v) is 3.22. The normalized spacial score (nSPS) is 20.6. The van der Waals surface area contributed by atoms with Crippen LogP contribution in [-0.4, -0.2) is 19.0 Å². The van der Waals surface area contributed by atoms with Gasteiger partial charge in [0.25, 0.3) is 0 Å². The molecule has 1 amide bonds. The van der Waals surface area contributed by atoms with Gasteiger partial charge in [-0.1, -0.05) is 6.07 Å². The molecule has 1 heterocycles. The summed E-state index contributed by atoms with van der Waals surface area (Å²) >= 11 is 3.47. The Hall–Kier alpha value is -1.03. The Morgan fingerprint density at radius 2 is 2.27 bits per heavy atom. The van der Waals surface area contributed by atoms with Crippen molar-refractivity contribution < 1.29 is 4.79 Å². The molecule has 0 aliphatic carbocycles. The molecule has 1 aromatic rings. The van der Waals surface area contributed by atoms with Crippen LogP contribution in [0.5, 0.6) is 0 Å². The molecule has 0 saturated heterocycles. The summed E-state index contributed by atoms with van der Waals surface area (Å²) in [7, 11) is 1.81. The predicted octanol–water partition coefficient (Wildman–Crippen LogP) is 2.62. The number of carbonyl (C=O) groups excluding carboxylic acids is 1. The van der Waals surface area contributed by atoms with Crippen LogP contribution in [0.25, 0.3) is 0 Å². The van der Waals surface area contributed by atoms with E-state index in [0.717, 1.165) is 15.8 Å². The number of hydrogen-bond donors (Lipinski definition) is 1. The molecule has 80 valence electrons. The summed E-state index contributed by atoms with van der Waals surface area (Å²) in [6.07, 6.45) is 0.525. The predicted molar refractivity (Wildman–Crippen MR) is 65.3 cm³/mol. The van der Waals surface area contributed by atoms with Crippen molar-refractivity contribution in [1.82, 2.24) is 0 Å². The zero-order valence-corrected chi connectivity index (χ0v) is 10.3. The lowest BCUT2D eigenvalue weighted by Gasteiger charge is -2.18. The quantitative estimate of drug-likeness (QED) is 0.785. The van der Waals surface area contributed by atoms with Gasteiger partial charge in [-0.25, -0.2) is 0 Å². The van der Waals surface area contributed by atoms with Gasteiger partial charge in [-0.05, 0) is 35.0 Å². The fourth-order valence-electron chi connectivity index (χ4n) is 1.81. The second-order valence-corrected chi connectivity index (χ2v) is 4.69. The molecule has 2 rings (SSSR count). The molecule has 0 radical (unpaired) electrons. The zero-order chi connectivity index (χ0) is 11.0. The van der Waals surface area contributed by atoms with Crippen molar-refractivity contribution in [2.45, 2.75) is 19.4 Å². The molecule has 1 aromatic carbocycles. The molecule has 0 bridgehead atoms. The average molecular weight is 269 g/mol. The second kappa shape index (κ2) is 3.85. The lowest BCUT2D eigenvalue weighted by atomic mass is 10.2. The van der Waals surface area contributed by atoms with Crippen LogP contribution < -0.4 is 10.2 Å². The molecule has 3 nitrogen and oxygen atoms in total. The van der Waals surface area contributed by atoms with Gasteiger partial charge in [-0.2, -0.15) is 0 Å². The fourth-order valence-corrected chi connectivity index (χ4v) is 2.44. The van der Waals surface area contributed by atoms with E-state index in [2.05, 4.69) is 21.2 Å². The third-order valence-electron chi connectivity index (χ3n) is 2.58. The summed E-state index contributed by atoms with van der Waals surface area (Å²) in [4.78, 5) is 13.5. The number of fused-ring (bicyclic) bond motifs is 1. The van der Waals surface area contributed by atoms with Crippen molar-refractivity contribution in [3.63, 3.8) is 0 Å². The number of para-hydroxylation sites is 1. The van der Waals surface area contributed by atoms with E-state index in [1.54, 1.807) is 4.90 Å². The first-order valence-corrected chi connectivity index (χ1v) is 5.70. The summed E-state index contributed by atoms with van der Waals surface area (Å²) < 4.78 is 0.942. The largest absolute Gasteiger partial charge is 0.380 e. The van der Waals surface area contributed by atoms with E-state index >= 15 is 0 Å². The molecule has 1 aliphatic rings. The summed E-state index contributed by atoms with van der Waals surface area (Å²) in [5.74, 6) is 0.139. The van der Waals surface area contributed by atoms with Gasteiger partial charge in [0.05, 0.1) is 11.4 Å². The first kappa shape index (κ1) is 10.5. The van der Waals surface area contributed by atoms with Gasteiger partial charge >= 0.3 is 0 Å². The zero-order valence-electron chi connectivity index (χ0n) is 8.75. The van der Waals surface area contributed by atoms with Crippen molar-refractivity contribution in [3.05, 3.63) is 22.7 Å². The molecule has 0 aromatic heterocycles.